The lowest BCUT2D eigenvalue weighted by Gasteiger charge is -2.17. The molecule has 0 unspecified atom stereocenters. The van der Waals surface area contributed by atoms with Gasteiger partial charge in [0.15, 0.2) is 11.5 Å². The van der Waals surface area contributed by atoms with Crippen molar-refractivity contribution in [3.63, 3.8) is 0 Å². The minimum absolute atomic E-state index is 0.0171. The number of hydrogen-bond acceptors (Lipinski definition) is 4. The van der Waals surface area contributed by atoms with Gasteiger partial charge >= 0.3 is 0 Å². The Kier molecular flexibility index (Phi) is 3.05. The zero-order chi connectivity index (χ0) is 17.0. The van der Waals surface area contributed by atoms with Crippen molar-refractivity contribution in [3.05, 3.63) is 76.3 Å². The van der Waals surface area contributed by atoms with Crippen LogP contribution in [0.15, 0.2) is 69.7 Å². The standard InChI is InChI=1S/C20H11BrN2O2/c21-11-5-7-12(8-6-11)22-15-9-10-16-18-17(15)19(24)13-3-1-2-4-14(13)20(18)25-23-16/h1-10,22H. The molecule has 1 N–H and O–H groups in total. The lowest BCUT2D eigenvalue weighted by Crippen LogP contribution is -2.11. The Balaban J connectivity index is 1.75. The second kappa shape index (κ2) is 5.29. The third-order valence-corrected chi connectivity index (χ3v) is 4.94. The number of benzene rings is 3. The molecule has 25 heavy (non-hydrogen) atoms. The van der Waals surface area contributed by atoms with Gasteiger partial charge in [-0.1, -0.05) is 45.4 Å². The largest absolute Gasteiger partial charge is 0.355 e. The molecule has 0 fully saturated rings. The number of halogens is 1. The first-order valence-corrected chi connectivity index (χ1v) is 8.61. The molecular weight excluding hydrogens is 380 g/mol. The summed E-state index contributed by atoms with van der Waals surface area (Å²) in [6.45, 7) is 0. The molecule has 0 atom stereocenters. The molecule has 1 aromatic heterocycles. The molecular formula is C20H11BrN2O2. The first kappa shape index (κ1) is 14.4. The molecule has 0 saturated carbocycles. The van der Waals surface area contributed by atoms with E-state index in [1.54, 1.807) is 0 Å². The van der Waals surface area contributed by atoms with Crippen molar-refractivity contribution in [2.24, 2.45) is 0 Å². The maximum atomic E-state index is 13.1. The summed E-state index contributed by atoms with van der Waals surface area (Å²) >= 11 is 3.43. The zero-order valence-electron chi connectivity index (χ0n) is 12.9. The van der Waals surface area contributed by atoms with Crippen LogP contribution in [0.4, 0.5) is 11.4 Å². The Bertz CT molecular complexity index is 1150. The highest BCUT2D eigenvalue weighted by Gasteiger charge is 2.31. The van der Waals surface area contributed by atoms with Crippen molar-refractivity contribution in [1.82, 2.24) is 5.16 Å². The van der Waals surface area contributed by atoms with Crippen molar-refractivity contribution >= 4 is 44.0 Å². The van der Waals surface area contributed by atoms with E-state index < -0.39 is 0 Å². The van der Waals surface area contributed by atoms with Gasteiger partial charge in [0.2, 0.25) is 0 Å². The van der Waals surface area contributed by atoms with Crippen LogP contribution in [0.1, 0.15) is 15.9 Å². The van der Waals surface area contributed by atoms with E-state index in [0.29, 0.717) is 22.4 Å². The molecule has 120 valence electrons. The molecule has 5 rings (SSSR count). The number of aromatic nitrogens is 1. The first-order chi connectivity index (χ1) is 12.2. The zero-order valence-corrected chi connectivity index (χ0v) is 14.5. The Hall–Kier alpha value is -2.92. The van der Waals surface area contributed by atoms with E-state index in [2.05, 4.69) is 26.4 Å². The molecule has 4 nitrogen and oxygen atoms in total. The van der Waals surface area contributed by atoms with Gasteiger partial charge in [0, 0.05) is 21.3 Å². The van der Waals surface area contributed by atoms with Crippen LogP contribution >= 0.6 is 15.9 Å². The van der Waals surface area contributed by atoms with Crippen LogP contribution in [0.3, 0.4) is 0 Å². The van der Waals surface area contributed by atoms with Gasteiger partial charge in [0.1, 0.15) is 5.52 Å². The molecule has 5 heteroatoms. The average Bonchev–Trinajstić information content (AvgIpc) is 3.07. The summed E-state index contributed by atoms with van der Waals surface area (Å²) in [4.78, 5) is 13.1. The minimum atomic E-state index is -0.0171. The lowest BCUT2D eigenvalue weighted by atomic mass is 9.87. The van der Waals surface area contributed by atoms with Crippen LogP contribution in [0.5, 0.6) is 0 Å². The third kappa shape index (κ3) is 2.13. The highest BCUT2D eigenvalue weighted by molar-refractivity contribution is 9.10. The second-order valence-electron chi connectivity index (χ2n) is 5.90. The van der Waals surface area contributed by atoms with Crippen molar-refractivity contribution in [1.29, 1.82) is 0 Å². The summed E-state index contributed by atoms with van der Waals surface area (Å²) in [5.74, 6) is 0.635. The van der Waals surface area contributed by atoms with Crippen molar-refractivity contribution in [3.8, 4) is 11.3 Å². The van der Waals surface area contributed by atoms with Crippen molar-refractivity contribution < 1.29 is 9.32 Å². The Morgan fingerprint density at radius 1 is 0.920 bits per heavy atom. The number of nitrogens with one attached hydrogen (secondary N) is 1. The van der Waals surface area contributed by atoms with Gasteiger partial charge in [-0.05, 0) is 36.4 Å². The van der Waals surface area contributed by atoms with Crippen LogP contribution in [0, 0.1) is 0 Å². The summed E-state index contributed by atoms with van der Waals surface area (Å²) in [7, 11) is 0. The van der Waals surface area contributed by atoms with Crippen molar-refractivity contribution in [2.45, 2.75) is 0 Å². The summed E-state index contributed by atoms with van der Waals surface area (Å²) in [5, 5.41) is 8.24. The van der Waals surface area contributed by atoms with Gasteiger partial charge in [-0.3, -0.25) is 4.79 Å². The van der Waals surface area contributed by atoms with Crippen LogP contribution < -0.4 is 5.32 Å². The predicted octanol–water partition coefficient (Wildman–Crippen LogP) is 5.55. The maximum absolute atomic E-state index is 13.1. The van der Waals surface area contributed by atoms with E-state index >= 15 is 0 Å². The first-order valence-electron chi connectivity index (χ1n) is 7.81. The number of rotatable bonds is 2. The highest BCUT2D eigenvalue weighted by atomic mass is 79.9. The molecule has 1 heterocycles. The maximum Gasteiger partial charge on any atom is 0.196 e. The normalized spacial score (nSPS) is 12.3. The van der Waals surface area contributed by atoms with E-state index in [0.717, 1.165) is 26.8 Å². The second-order valence-corrected chi connectivity index (χ2v) is 6.82. The molecule has 0 saturated heterocycles. The summed E-state index contributed by atoms with van der Waals surface area (Å²) in [5.41, 5.74) is 4.38. The number of fused-ring (bicyclic) bond motifs is 2. The van der Waals surface area contributed by atoms with Crippen LogP contribution in [-0.2, 0) is 0 Å². The molecule has 1 aliphatic carbocycles. The quantitative estimate of drug-likeness (QED) is 0.429. The fourth-order valence-corrected chi connectivity index (χ4v) is 3.53. The molecule has 3 aromatic carbocycles. The average molecular weight is 391 g/mol. The van der Waals surface area contributed by atoms with Crippen LogP contribution in [0.25, 0.3) is 22.2 Å². The summed E-state index contributed by atoms with van der Waals surface area (Å²) < 4.78 is 6.56. The molecule has 0 aliphatic heterocycles. The SMILES string of the molecule is O=C1c2ccccc2-c2onc3ccc(Nc4ccc(Br)cc4)c1c23. The molecule has 1 aliphatic rings. The lowest BCUT2D eigenvalue weighted by molar-refractivity contribution is 0.104. The van der Waals surface area contributed by atoms with Gasteiger partial charge in [-0.15, -0.1) is 0 Å². The van der Waals surface area contributed by atoms with E-state index in [1.807, 2.05) is 60.7 Å². The van der Waals surface area contributed by atoms with Gasteiger partial charge in [-0.25, -0.2) is 0 Å². The fraction of sp³-hybridized carbons (Fsp3) is 0. The predicted molar refractivity (Wildman–Crippen MR) is 100 cm³/mol. The van der Waals surface area contributed by atoms with Gasteiger partial charge in [0.05, 0.1) is 16.6 Å². The molecule has 4 aromatic rings. The minimum Gasteiger partial charge on any atom is -0.355 e. The fourth-order valence-electron chi connectivity index (χ4n) is 3.26. The summed E-state index contributed by atoms with van der Waals surface area (Å²) in [6, 6.07) is 19.0. The van der Waals surface area contributed by atoms with E-state index in [4.69, 9.17) is 4.52 Å². The molecule has 0 spiro atoms. The van der Waals surface area contributed by atoms with Crippen molar-refractivity contribution in [2.75, 3.05) is 5.32 Å². The van der Waals surface area contributed by atoms with E-state index in [1.165, 1.54) is 0 Å². The number of nitrogens with zero attached hydrogens (tertiary/aromatic N) is 1. The van der Waals surface area contributed by atoms with Gasteiger partial charge < -0.3 is 9.84 Å². The molecule has 0 bridgehead atoms. The number of carbonyl (C=O) groups is 1. The Labute approximate surface area is 151 Å². The molecule has 0 radical (unpaired) electrons. The number of carbonyl (C=O) groups excluding carboxylic acids is 1. The van der Waals surface area contributed by atoms with Gasteiger partial charge in [-0.2, -0.15) is 0 Å². The monoisotopic (exact) mass is 390 g/mol. The number of ketones is 1. The van der Waals surface area contributed by atoms with E-state index in [-0.39, 0.29) is 5.78 Å². The van der Waals surface area contributed by atoms with Crippen LogP contribution in [0.2, 0.25) is 0 Å². The van der Waals surface area contributed by atoms with Crippen LogP contribution in [-0.4, -0.2) is 10.9 Å². The number of anilines is 2. The number of hydrogen-bond donors (Lipinski definition) is 1. The van der Waals surface area contributed by atoms with Gasteiger partial charge in [0.25, 0.3) is 0 Å². The van der Waals surface area contributed by atoms with E-state index in [9.17, 15) is 4.79 Å². The smallest absolute Gasteiger partial charge is 0.196 e. The summed E-state index contributed by atoms with van der Waals surface area (Å²) in [6.07, 6.45) is 0. The topological polar surface area (TPSA) is 55.1 Å². The third-order valence-electron chi connectivity index (χ3n) is 4.41. The Morgan fingerprint density at radius 3 is 2.48 bits per heavy atom. The Morgan fingerprint density at radius 2 is 1.68 bits per heavy atom. The highest BCUT2D eigenvalue weighted by Crippen LogP contribution is 2.42. The molecule has 0 amide bonds.